The molecule has 16 heavy (non-hydrogen) atoms. The first-order valence-corrected chi connectivity index (χ1v) is 4.62. The van der Waals surface area contributed by atoms with E-state index >= 15 is 0 Å². The van der Waals surface area contributed by atoms with E-state index in [2.05, 4.69) is 15.6 Å². The number of rotatable bonds is 4. The molecule has 7 nitrogen and oxygen atoms in total. The van der Waals surface area contributed by atoms with Crippen LogP contribution in [0.1, 0.15) is 0 Å². The molecule has 0 fully saturated rings. The second kappa shape index (κ2) is 5.79. The van der Waals surface area contributed by atoms with Crippen LogP contribution in [0.15, 0.2) is 18.2 Å². The number of aromatic nitrogens is 1. The van der Waals surface area contributed by atoms with Gasteiger partial charge in [-0.2, -0.15) is 0 Å². The molecule has 0 saturated heterocycles. The normalized spacial score (nSPS) is 9.62. The summed E-state index contributed by atoms with van der Waals surface area (Å²) in [5, 5.41) is 4.93. The van der Waals surface area contributed by atoms with Crippen LogP contribution in [0.3, 0.4) is 0 Å². The van der Waals surface area contributed by atoms with Crippen molar-refractivity contribution in [1.82, 2.24) is 4.98 Å². The Morgan fingerprint density at radius 3 is 1.88 bits per heavy atom. The Kier molecular flexibility index (Phi) is 4.37. The SMILES string of the molecule is NCC(=O)Nc1cccc(NC(=O)CN)n1. The van der Waals surface area contributed by atoms with Gasteiger partial charge in [-0.1, -0.05) is 6.07 Å². The minimum atomic E-state index is -0.352. The molecule has 0 aromatic carbocycles. The van der Waals surface area contributed by atoms with Crippen molar-refractivity contribution < 1.29 is 9.59 Å². The van der Waals surface area contributed by atoms with Crippen molar-refractivity contribution in [2.75, 3.05) is 23.7 Å². The third-order valence-electron chi connectivity index (χ3n) is 1.65. The van der Waals surface area contributed by atoms with Gasteiger partial charge >= 0.3 is 0 Å². The molecule has 1 aromatic heterocycles. The van der Waals surface area contributed by atoms with Gasteiger partial charge in [0, 0.05) is 0 Å². The summed E-state index contributed by atoms with van der Waals surface area (Å²) in [5.74, 6) is -0.0554. The molecule has 0 atom stereocenters. The number of hydrogen-bond acceptors (Lipinski definition) is 5. The molecule has 1 rings (SSSR count). The smallest absolute Gasteiger partial charge is 0.239 e. The summed E-state index contributed by atoms with van der Waals surface area (Å²) in [6.45, 7) is -0.248. The van der Waals surface area contributed by atoms with Crippen LogP contribution in [0, 0.1) is 0 Å². The summed E-state index contributed by atoms with van der Waals surface area (Å²) >= 11 is 0. The van der Waals surface area contributed by atoms with Gasteiger partial charge in [0.2, 0.25) is 11.8 Å². The Morgan fingerprint density at radius 2 is 1.50 bits per heavy atom. The molecule has 0 saturated carbocycles. The van der Waals surface area contributed by atoms with Gasteiger partial charge in [-0.15, -0.1) is 0 Å². The van der Waals surface area contributed by atoms with E-state index in [-0.39, 0.29) is 24.9 Å². The zero-order valence-corrected chi connectivity index (χ0v) is 8.56. The van der Waals surface area contributed by atoms with Crippen LogP contribution in [-0.2, 0) is 9.59 Å². The first-order valence-electron chi connectivity index (χ1n) is 4.62. The van der Waals surface area contributed by atoms with Crippen molar-refractivity contribution in [3.8, 4) is 0 Å². The first kappa shape index (κ1) is 12.1. The fraction of sp³-hybridized carbons (Fsp3) is 0.222. The molecular formula is C9H13N5O2. The van der Waals surface area contributed by atoms with Gasteiger partial charge in [0.05, 0.1) is 13.1 Å². The summed E-state index contributed by atoms with van der Waals surface area (Å²) < 4.78 is 0. The lowest BCUT2D eigenvalue weighted by molar-refractivity contribution is -0.115. The van der Waals surface area contributed by atoms with Gasteiger partial charge in [0.1, 0.15) is 11.6 Å². The van der Waals surface area contributed by atoms with Crippen molar-refractivity contribution in [2.24, 2.45) is 11.5 Å². The Morgan fingerprint density at radius 1 is 1.06 bits per heavy atom. The van der Waals surface area contributed by atoms with E-state index in [9.17, 15) is 9.59 Å². The lowest BCUT2D eigenvalue weighted by atomic mass is 10.4. The Bertz CT molecular complexity index is 360. The van der Waals surface area contributed by atoms with Gasteiger partial charge in [0.15, 0.2) is 0 Å². The standard InChI is InChI=1S/C9H13N5O2/c10-4-8(15)13-6-2-1-3-7(12-6)14-9(16)5-11/h1-3H,4-5,10-11H2,(H2,12,13,14,15,16). The molecule has 0 bridgehead atoms. The third kappa shape index (κ3) is 3.64. The molecule has 0 radical (unpaired) electrons. The predicted molar refractivity (Wildman–Crippen MR) is 59.6 cm³/mol. The molecule has 1 heterocycles. The quantitative estimate of drug-likeness (QED) is 0.514. The van der Waals surface area contributed by atoms with E-state index in [1.54, 1.807) is 18.2 Å². The average molecular weight is 223 g/mol. The van der Waals surface area contributed by atoms with E-state index in [0.29, 0.717) is 11.6 Å². The molecule has 2 amide bonds. The zero-order chi connectivity index (χ0) is 12.0. The van der Waals surface area contributed by atoms with Crippen molar-refractivity contribution >= 4 is 23.5 Å². The first-order chi connectivity index (χ1) is 7.65. The second-order valence-corrected chi connectivity index (χ2v) is 2.91. The summed E-state index contributed by atoms with van der Waals surface area (Å²) in [5.41, 5.74) is 10.3. The minimum absolute atomic E-state index is 0.124. The second-order valence-electron chi connectivity index (χ2n) is 2.91. The molecule has 0 spiro atoms. The number of pyridine rings is 1. The highest BCUT2D eigenvalue weighted by Crippen LogP contribution is 2.08. The molecule has 7 heteroatoms. The largest absolute Gasteiger partial charge is 0.322 e. The number of carbonyl (C=O) groups excluding carboxylic acids is 2. The van der Waals surface area contributed by atoms with Gasteiger partial charge in [0.25, 0.3) is 0 Å². The van der Waals surface area contributed by atoms with Crippen molar-refractivity contribution in [1.29, 1.82) is 0 Å². The van der Waals surface area contributed by atoms with Crippen LogP contribution in [0.25, 0.3) is 0 Å². The fourth-order valence-electron chi connectivity index (χ4n) is 0.962. The summed E-state index contributed by atoms with van der Waals surface area (Å²) in [6.07, 6.45) is 0. The molecule has 0 aliphatic rings. The van der Waals surface area contributed by atoms with Crippen molar-refractivity contribution in [3.63, 3.8) is 0 Å². The number of nitrogens with one attached hydrogen (secondary N) is 2. The highest BCUT2D eigenvalue weighted by molar-refractivity contribution is 5.93. The number of nitrogens with zero attached hydrogens (tertiary/aromatic N) is 1. The van der Waals surface area contributed by atoms with Crippen LogP contribution < -0.4 is 22.1 Å². The van der Waals surface area contributed by atoms with Gasteiger partial charge < -0.3 is 22.1 Å². The highest BCUT2D eigenvalue weighted by Gasteiger charge is 2.03. The molecule has 0 unspecified atom stereocenters. The monoisotopic (exact) mass is 223 g/mol. The van der Waals surface area contributed by atoms with E-state index in [0.717, 1.165) is 0 Å². The zero-order valence-electron chi connectivity index (χ0n) is 8.56. The summed E-state index contributed by atoms with van der Waals surface area (Å²) in [6, 6.07) is 4.82. The fourth-order valence-corrected chi connectivity index (χ4v) is 0.962. The van der Waals surface area contributed by atoms with Crippen LogP contribution in [-0.4, -0.2) is 29.9 Å². The van der Waals surface area contributed by atoms with Gasteiger partial charge in [-0.05, 0) is 12.1 Å². The molecular weight excluding hydrogens is 210 g/mol. The Hall–Kier alpha value is -1.99. The lowest BCUT2D eigenvalue weighted by Crippen LogP contribution is -2.24. The topological polar surface area (TPSA) is 123 Å². The minimum Gasteiger partial charge on any atom is -0.322 e. The maximum atomic E-state index is 11.0. The molecule has 1 aromatic rings. The molecule has 0 aliphatic heterocycles. The number of carbonyl (C=O) groups is 2. The van der Waals surface area contributed by atoms with Crippen molar-refractivity contribution in [3.05, 3.63) is 18.2 Å². The van der Waals surface area contributed by atoms with E-state index in [1.165, 1.54) is 0 Å². The van der Waals surface area contributed by atoms with E-state index < -0.39 is 0 Å². The van der Waals surface area contributed by atoms with Crippen LogP contribution in [0.2, 0.25) is 0 Å². The van der Waals surface area contributed by atoms with Crippen molar-refractivity contribution in [2.45, 2.75) is 0 Å². The van der Waals surface area contributed by atoms with E-state index in [1.807, 2.05) is 0 Å². The maximum Gasteiger partial charge on any atom is 0.239 e. The number of amides is 2. The average Bonchev–Trinajstić information content (AvgIpc) is 2.29. The molecule has 86 valence electrons. The molecule has 0 aliphatic carbocycles. The predicted octanol–water partition coefficient (Wildman–Crippen LogP) is -1.12. The molecule has 6 N–H and O–H groups in total. The summed E-state index contributed by atoms with van der Waals surface area (Å²) in [4.78, 5) is 25.9. The summed E-state index contributed by atoms with van der Waals surface area (Å²) in [7, 11) is 0. The third-order valence-corrected chi connectivity index (χ3v) is 1.65. The lowest BCUT2D eigenvalue weighted by Gasteiger charge is -2.06. The van der Waals surface area contributed by atoms with Crippen LogP contribution in [0.4, 0.5) is 11.6 Å². The van der Waals surface area contributed by atoms with Gasteiger partial charge in [-0.25, -0.2) is 4.98 Å². The van der Waals surface area contributed by atoms with Crippen LogP contribution in [0.5, 0.6) is 0 Å². The highest BCUT2D eigenvalue weighted by atomic mass is 16.2. The van der Waals surface area contributed by atoms with Gasteiger partial charge in [-0.3, -0.25) is 9.59 Å². The van der Waals surface area contributed by atoms with E-state index in [4.69, 9.17) is 11.5 Å². The van der Waals surface area contributed by atoms with Crippen LogP contribution >= 0.6 is 0 Å². The Labute approximate surface area is 92.2 Å². The maximum absolute atomic E-state index is 11.0. The number of hydrogen-bond donors (Lipinski definition) is 4. The Balaban J connectivity index is 2.71. The number of anilines is 2. The number of nitrogens with two attached hydrogens (primary N) is 2.